The molecule has 1 aliphatic heterocycles. The van der Waals surface area contributed by atoms with Crippen molar-refractivity contribution in [2.24, 2.45) is 5.73 Å². The normalized spacial score (nSPS) is 15.4. The summed E-state index contributed by atoms with van der Waals surface area (Å²) in [7, 11) is 0. The van der Waals surface area contributed by atoms with Gasteiger partial charge < -0.3 is 10.6 Å². The number of fused-ring (bicyclic) bond motifs is 1. The lowest BCUT2D eigenvalue weighted by molar-refractivity contribution is 0.698. The van der Waals surface area contributed by atoms with Crippen molar-refractivity contribution >= 4 is 11.4 Å². The van der Waals surface area contributed by atoms with Crippen molar-refractivity contribution in [2.45, 2.75) is 25.8 Å². The van der Waals surface area contributed by atoms with E-state index < -0.39 is 0 Å². The fourth-order valence-electron chi connectivity index (χ4n) is 2.74. The molecule has 2 aromatic rings. The summed E-state index contributed by atoms with van der Waals surface area (Å²) in [6.07, 6.45) is 2.11. The first-order chi connectivity index (χ1) is 9.29. The van der Waals surface area contributed by atoms with E-state index in [-0.39, 0.29) is 6.04 Å². The molecule has 0 bridgehead atoms. The average Bonchev–Trinajstić information content (AvgIpc) is 2.90. The van der Waals surface area contributed by atoms with Crippen LogP contribution in [0.4, 0.5) is 11.4 Å². The average molecular weight is 252 g/mol. The molecule has 3 rings (SSSR count). The smallest absolute Gasteiger partial charge is 0.0444 e. The molecule has 0 aliphatic carbocycles. The summed E-state index contributed by atoms with van der Waals surface area (Å²) < 4.78 is 0. The molecule has 1 atom stereocenters. The van der Waals surface area contributed by atoms with Crippen LogP contribution >= 0.6 is 0 Å². The number of benzene rings is 2. The molecule has 1 aliphatic rings. The van der Waals surface area contributed by atoms with Crippen LogP contribution in [0.15, 0.2) is 48.5 Å². The summed E-state index contributed by atoms with van der Waals surface area (Å²) in [6, 6.07) is 17.5. The van der Waals surface area contributed by atoms with Crippen LogP contribution in [0.25, 0.3) is 0 Å². The van der Waals surface area contributed by atoms with Gasteiger partial charge >= 0.3 is 0 Å². The molecular weight excluding hydrogens is 232 g/mol. The standard InChI is InChI=1S/C17H20N2/c1-2-16(18)13-7-9-15(10-8-13)19-12-11-14-5-3-4-6-17(14)19/h3-10,16H,2,11-12,18H2,1H3/t16-/m1/s1. The summed E-state index contributed by atoms with van der Waals surface area (Å²) in [4.78, 5) is 2.39. The molecule has 1 heterocycles. The molecule has 2 aromatic carbocycles. The molecule has 2 N–H and O–H groups in total. The third kappa shape index (κ3) is 2.24. The Hall–Kier alpha value is -1.80. The number of anilines is 2. The summed E-state index contributed by atoms with van der Waals surface area (Å²) in [5.41, 5.74) is 11.3. The summed E-state index contributed by atoms with van der Waals surface area (Å²) >= 11 is 0. The number of hydrogen-bond acceptors (Lipinski definition) is 2. The summed E-state index contributed by atoms with van der Waals surface area (Å²) in [6.45, 7) is 3.19. The van der Waals surface area contributed by atoms with Crippen molar-refractivity contribution in [2.75, 3.05) is 11.4 Å². The highest BCUT2D eigenvalue weighted by Crippen LogP contribution is 2.34. The highest BCUT2D eigenvalue weighted by Gasteiger charge is 2.19. The fourth-order valence-corrected chi connectivity index (χ4v) is 2.74. The van der Waals surface area contributed by atoms with E-state index in [4.69, 9.17) is 5.73 Å². The zero-order chi connectivity index (χ0) is 13.2. The molecule has 0 saturated heterocycles. The molecular formula is C17H20N2. The van der Waals surface area contributed by atoms with Crippen molar-refractivity contribution in [3.05, 3.63) is 59.7 Å². The molecule has 98 valence electrons. The molecule has 2 heteroatoms. The highest BCUT2D eigenvalue weighted by molar-refractivity contribution is 5.69. The third-order valence-corrected chi connectivity index (χ3v) is 3.96. The van der Waals surface area contributed by atoms with Crippen molar-refractivity contribution in [3.8, 4) is 0 Å². The first-order valence-corrected chi connectivity index (χ1v) is 7.00. The number of nitrogens with zero attached hydrogens (tertiary/aromatic N) is 1. The minimum Gasteiger partial charge on any atom is -0.341 e. The summed E-state index contributed by atoms with van der Waals surface area (Å²) in [5.74, 6) is 0. The SMILES string of the molecule is CC[C@@H](N)c1ccc(N2CCc3ccccc32)cc1. The Balaban J connectivity index is 1.88. The Morgan fingerprint density at radius 3 is 2.58 bits per heavy atom. The zero-order valence-electron chi connectivity index (χ0n) is 11.3. The molecule has 2 nitrogen and oxygen atoms in total. The van der Waals surface area contributed by atoms with Crippen LogP contribution in [0, 0.1) is 0 Å². The van der Waals surface area contributed by atoms with Crippen LogP contribution < -0.4 is 10.6 Å². The highest BCUT2D eigenvalue weighted by atomic mass is 15.2. The van der Waals surface area contributed by atoms with Gasteiger partial charge in [-0.3, -0.25) is 0 Å². The number of rotatable bonds is 3. The second-order valence-electron chi connectivity index (χ2n) is 5.14. The Labute approximate surface area is 114 Å². The number of hydrogen-bond donors (Lipinski definition) is 1. The Morgan fingerprint density at radius 1 is 1.11 bits per heavy atom. The van der Waals surface area contributed by atoms with Gasteiger partial charge in [0, 0.05) is 24.0 Å². The lowest BCUT2D eigenvalue weighted by Crippen LogP contribution is -2.14. The van der Waals surface area contributed by atoms with Crippen LogP contribution in [0.1, 0.15) is 30.5 Å². The maximum Gasteiger partial charge on any atom is 0.0444 e. The predicted molar refractivity (Wildman–Crippen MR) is 80.8 cm³/mol. The molecule has 0 radical (unpaired) electrons. The molecule has 19 heavy (non-hydrogen) atoms. The zero-order valence-corrected chi connectivity index (χ0v) is 11.3. The molecule has 0 unspecified atom stereocenters. The van der Waals surface area contributed by atoms with E-state index in [0.29, 0.717) is 0 Å². The summed E-state index contributed by atoms with van der Waals surface area (Å²) in [5, 5.41) is 0. The van der Waals surface area contributed by atoms with E-state index in [1.54, 1.807) is 0 Å². The van der Waals surface area contributed by atoms with Crippen LogP contribution in [-0.2, 0) is 6.42 Å². The Morgan fingerprint density at radius 2 is 1.84 bits per heavy atom. The fraction of sp³-hybridized carbons (Fsp3) is 0.294. The van der Waals surface area contributed by atoms with E-state index in [1.165, 1.54) is 22.5 Å². The van der Waals surface area contributed by atoms with Gasteiger partial charge in [0.2, 0.25) is 0 Å². The van der Waals surface area contributed by atoms with Gasteiger partial charge in [0.15, 0.2) is 0 Å². The quantitative estimate of drug-likeness (QED) is 0.900. The van der Waals surface area contributed by atoms with Crippen LogP contribution in [-0.4, -0.2) is 6.54 Å². The first kappa shape index (κ1) is 12.2. The largest absolute Gasteiger partial charge is 0.341 e. The van der Waals surface area contributed by atoms with Gasteiger partial charge in [-0.25, -0.2) is 0 Å². The minimum absolute atomic E-state index is 0.153. The molecule has 0 fully saturated rings. The van der Waals surface area contributed by atoms with Gasteiger partial charge in [-0.2, -0.15) is 0 Å². The molecule has 0 amide bonds. The maximum absolute atomic E-state index is 6.06. The van der Waals surface area contributed by atoms with Gasteiger partial charge in [0.05, 0.1) is 0 Å². The van der Waals surface area contributed by atoms with Gasteiger partial charge in [0.1, 0.15) is 0 Å². The monoisotopic (exact) mass is 252 g/mol. The van der Waals surface area contributed by atoms with Gasteiger partial charge in [-0.1, -0.05) is 37.3 Å². The third-order valence-electron chi connectivity index (χ3n) is 3.96. The second kappa shape index (κ2) is 5.06. The number of nitrogens with two attached hydrogens (primary N) is 1. The van der Waals surface area contributed by atoms with Crippen LogP contribution in [0.5, 0.6) is 0 Å². The van der Waals surface area contributed by atoms with Crippen molar-refractivity contribution in [3.63, 3.8) is 0 Å². The van der Waals surface area contributed by atoms with Crippen LogP contribution in [0.2, 0.25) is 0 Å². The molecule has 0 aromatic heterocycles. The van der Waals surface area contributed by atoms with Gasteiger partial charge in [-0.05, 0) is 42.2 Å². The number of para-hydroxylation sites is 1. The van der Waals surface area contributed by atoms with E-state index in [2.05, 4.69) is 60.4 Å². The van der Waals surface area contributed by atoms with Crippen molar-refractivity contribution < 1.29 is 0 Å². The van der Waals surface area contributed by atoms with Gasteiger partial charge in [0.25, 0.3) is 0 Å². The predicted octanol–water partition coefficient (Wildman–Crippen LogP) is 3.79. The van der Waals surface area contributed by atoms with E-state index >= 15 is 0 Å². The lowest BCUT2D eigenvalue weighted by Gasteiger charge is -2.20. The Bertz CT molecular complexity index is 560. The lowest BCUT2D eigenvalue weighted by atomic mass is 10.1. The van der Waals surface area contributed by atoms with E-state index in [0.717, 1.165) is 19.4 Å². The van der Waals surface area contributed by atoms with Crippen molar-refractivity contribution in [1.82, 2.24) is 0 Å². The van der Waals surface area contributed by atoms with Crippen LogP contribution in [0.3, 0.4) is 0 Å². The first-order valence-electron chi connectivity index (χ1n) is 7.00. The van der Waals surface area contributed by atoms with Crippen molar-refractivity contribution in [1.29, 1.82) is 0 Å². The van der Waals surface area contributed by atoms with Gasteiger partial charge in [-0.15, -0.1) is 0 Å². The van der Waals surface area contributed by atoms with E-state index in [9.17, 15) is 0 Å². The molecule has 0 saturated carbocycles. The Kier molecular flexibility index (Phi) is 3.26. The minimum atomic E-state index is 0.153. The van der Waals surface area contributed by atoms with E-state index in [1.807, 2.05) is 0 Å². The molecule has 0 spiro atoms. The second-order valence-corrected chi connectivity index (χ2v) is 5.14. The topological polar surface area (TPSA) is 29.3 Å². The maximum atomic E-state index is 6.06.